The number of carbonyl (C=O) groups is 1. The molecule has 1 N–H and O–H groups in total. The fourth-order valence-corrected chi connectivity index (χ4v) is 2.98. The Hall–Kier alpha value is -3.32. The molecule has 0 saturated heterocycles. The average molecular weight is 428 g/mol. The second kappa shape index (κ2) is 9.93. The number of aromatic nitrogens is 1. The van der Waals surface area contributed by atoms with Crippen LogP contribution in [0.25, 0.3) is 10.9 Å². The van der Waals surface area contributed by atoms with Crippen LogP contribution in [0.3, 0.4) is 0 Å². The van der Waals surface area contributed by atoms with E-state index in [1.54, 1.807) is 24.4 Å². The predicted octanol–water partition coefficient (Wildman–Crippen LogP) is 4.21. The largest absolute Gasteiger partial charge is 0.493 e. The third-order valence-electron chi connectivity index (χ3n) is 3.96. The number of hydrogen-bond donors (Lipinski definition) is 1. The molecule has 2 aromatic carbocycles. The van der Waals surface area contributed by atoms with E-state index < -0.39 is 5.91 Å². The van der Waals surface area contributed by atoms with E-state index in [1.807, 2.05) is 38.1 Å². The van der Waals surface area contributed by atoms with Crippen molar-refractivity contribution in [2.75, 3.05) is 13.7 Å². The molecule has 0 unspecified atom stereocenters. The number of amides is 1. The number of hydrogen-bond acceptors (Lipinski definition) is 6. The van der Waals surface area contributed by atoms with Crippen molar-refractivity contribution < 1.29 is 19.0 Å². The molecule has 0 aliphatic heterocycles. The van der Waals surface area contributed by atoms with Crippen LogP contribution in [0.1, 0.15) is 19.4 Å². The number of carbonyl (C=O) groups excluding carboxylic acids is 1. The van der Waals surface area contributed by atoms with Gasteiger partial charge in [-0.3, -0.25) is 9.78 Å². The zero-order valence-electron chi connectivity index (χ0n) is 16.9. The van der Waals surface area contributed by atoms with Gasteiger partial charge in [-0.1, -0.05) is 29.8 Å². The SMILES string of the molecule is COc1cc(/C=N/NC(=O)COc2cccc3cccnc23)cc(Cl)c1OC(C)C. The highest BCUT2D eigenvalue weighted by atomic mass is 35.5. The molecule has 7 nitrogen and oxygen atoms in total. The van der Waals surface area contributed by atoms with Crippen LogP contribution >= 0.6 is 11.6 Å². The smallest absolute Gasteiger partial charge is 0.277 e. The zero-order chi connectivity index (χ0) is 21.5. The lowest BCUT2D eigenvalue weighted by Crippen LogP contribution is -2.24. The molecular formula is C22H22ClN3O4. The Balaban J connectivity index is 1.61. The first-order chi connectivity index (χ1) is 14.5. The Labute approximate surface area is 179 Å². The molecule has 0 spiro atoms. The van der Waals surface area contributed by atoms with Gasteiger partial charge in [0, 0.05) is 11.6 Å². The van der Waals surface area contributed by atoms with Gasteiger partial charge in [-0.25, -0.2) is 5.43 Å². The summed E-state index contributed by atoms with van der Waals surface area (Å²) in [7, 11) is 1.53. The number of ether oxygens (including phenoxy) is 3. The van der Waals surface area contributed by atoms with Crippen LogP contribution in [0.5, 0.6) is 17.2 Å². The summed E-state index contributed by atoms with van der Waals surface area (Å²) in [6.45, 7) is 3.60. The van der Waals surface area contributed by atoms with E-state index in [4.69, 9.17) is 25.8 Å². The summed E-state index contributed by atoms with van der Waals surface area (Å²) in [5, 5.41) is 5.27. The summed E-state index contributed by atoms with van der Waals surface area (Å²) in [4.78, 5) is 16.4. The Morgan fingerprint density at radius 1 is 1.23 bits per heavy atom. The number of rotatable bonds is 8. The van der Waals surface area contributed by atoms with Gasteiger partial charge in [0.1, 0.15) is 11.3 Å². The molecule has 3 aromatic rings. The first-order valence-corrected chi connectivity index (χ1v) is 9.68. The van der Waals surface area contributed by atoms with E-state index in [9.17, 15) is 4.79 Å². The van der Waals surface area contributed by atoms with E-state index in [0.29, 0.717) is 33.4 Å². The van der Waals surface area contributed by atoms with Crippen molar-refractivity contribution in [3.05, 3.63) is 59.2 Å². The highest BCUT2D eigenvalue weighted by Crippen LogP contribution is 2.36. The van der Waals surface area contributed by atoms with Gasteiger partial charge >= 0.3 is 0 Å². The van der Waals surface area contributed by atoms with Crippen LogP contribution in [0.4, 0.5) is 0 Å². The van der Waals surface area contributed by atoms with Crippen LogP contribution in [-0.2, 0) is 4.79 Å². The fraction of sp³-hybridized carbons (Fsp3) is 0.227. The van der Waals surface area contributed by atoms with Crippen molar-refractivity contribution in [2.45, 2.75) is 20.0 Å². The van der Waals surface area contributed by atoms with E-state index in [1.165, 1.54) is 13.3 Å². The molecule has 8 heteroatoms. The molecule has 0 bridgehead atoms. The molecule has 0 fully saturated rings. The molecule has 3 rings (SSSR count). The number of fused-ring (bicyclic) bond motifs is 1. The van der Waals surface area contributed by atoms with Gasteiger partial charge in [0.15, 0.2) is 18.1 Å². The Kier molecular flexibility index (Phi) is 7.08. The number of nitrogens with one attached hydrogen (secondary N) is 1. The van der Waals surface area contributed by atoms with Gasteiger partial charge in [-0.05, 0) is 43.7 Å². The highest BCUT2D eigenvalue weighted by Gasteiger charge is 2.13. The van der Waals surface area contributed by atoms with Gasteiger partial charge in [0.25, 0.3) is 5.91 Å². The van der Waals surface area contributed by atoms with Crippen molar-refractivity contribution in [3.8, 4) is 17.2 Å². The lowest BCUT2D eigenvalue weighted by Gasteiger charge is -2.15. The summed E-state index contributed by atoms with van der Waals surface area (Å²) >= 11 is 6.28. The van der Waals surface area contributed by atoms with Crippen molar-refractivity contribution in [3.63, 3.8) is 0 Å². The monoisotopic (exact) mass is 427 g/mol. The topological polar surface area (TPSA) is 82.0 Å². The van der Waals surface area contributed by atoms with Crippen LogP contribution in [-0.4, -0.2) is 36.9 Å². The van der Waals surface area contributed by atoms with E-state index >= 15 is 0 Å². The molecule has 0 saturated carbocycles. The highest BCUT2D eigenvalue weighted by molar-refractivity contribution is 6.32. The molecule has 30 heavy (non-hydrogen) atoms. The Bertz CT molecular complexity index is 1060. The molecule has 0 aliphatic rings. The Morgan fingerprint density at radius 2 is 2.03 bits per heavy atom. The lowest BCUT2D eigenvalue weighted by molar-refractivity contribution is -0.123. The van der Waals surface area contributed by atoms with Gasteiger partial charge in [0.2, 0.25) is 0 Å². The number of para-hydroxylation sites is 1. The molecule has 0 radical (unpaired) electrons. The van der Waals surface area contributed by atoms with Gasteiger partial charge in [0.05, 0.1) is 24.5 Å². The van der Waals surface area contributed by atoms with Gasteiger partial charge in [-0.2, -0.15) is 5.10 Å². The number of benzene rings is 2. The normalized spacial score (nSPS) is 11.1. The minimum absolute atomic E-state index is 0.0489. The molecule has 0 atom stereocenters. The molecule has 1 heterocycles. The Morgan fingerprint density at radius 3 is 2.80 bits per heavy atom. The van der Waals surface area contributed by atoms with E-state index in [2.05, 4.69) is 15.5 Å². The molecule has 156 valence electrons. The maximum atomic E-state index is 12.1. The van der Waals surface area contributed by atoms with Crippen molar-refractivity contribution >= 4 is 34.6 Å². The maximum absolute atomic E-state index is 12.1. The standard InChI is InChI=1S/C22H22ClN3O4/c1-14(2)30-22-17(23)10-15(11-19(22)28-3)12-25-26-20(27)13-29-18-8-4-6-16-7-5-9-24-21(16)18/h4-12,14H,13H2,1-3H3,(H,26,27)/b25-12+. The van der Waals surface area contributed by atoms with Crippen molar-refractivity contribution in [2.24, 2.45) is 5.10 Å². The lowest BCUT2D eigenvalue weighted by atomic mass is 10.2. The third kappa shape index (κ3) is 5.39. The first-order valence-electron chi connectivity index (χ1n) is 9.30. The molecular weight excluding hydrogens is 406 g/mol. The average Bonchev–Trinajstić information content (AvgIpc) is 2.73. The number of nitrogens with zero attached hydrogens (tertiary/aromatic N) is 2. The number of methoxy groups -OCH3 is 1. The maximum Gasteiger partial charge on any atom is 0.277 e. The molecule has 0 aliphatic carbocycles. The molecule has 1 aromatic heterocycles. The summed E-state index contributed by atoms with van der Waals surface area (Å²) in [5.41, 5.74) is 3.77. The summed E-state index contributed by atoms with van der Waals surface area (Å²) < 4.78 is 16.6. The quantitative estimate of drug-likeness (QED) is 0.430. The summed E-state index contributed by atoms with van der Waals surface area (Å²) in [6, 6.07) is 12.7. The first kappa shape index (κ1) is 21.4. The third-order valence-corrected chi connectivity index (χ3v) is 4.24. The second-order valence-electron chi connectivity index (χ2n) is 6.61. The predicted molar refractivity (Wildman–Crippen MR) is 117 cm³/mol. The number of halogens is 1. The number of pyridine rings is 1. The second-order valence-corrected chi connectivity index (χ2v) is 7.02. The van der Waals surface area contributed by atoms with E-state index in [0.717, 1.165) is 5.39 Å². The van der Waals surface area contributed by atoms with Crippen molar-refractivity contribution in [1.82, 2.24) is 10.4 Å². The van der Waals surface area contributed by atoms with Gasteiger partial charge < -0.3 is 14.2 Å². The minimum Gasteiger partial charge on any atom is -0.493 e. The van der Waals surface area contributed by atoms with Crippen LogP contribution in [0.2, 0.25) is 5.02 Å². The van der Waals surface area contributed by atoms with Gasteiger partial charge in [-0.15, -0.1) is 0 Å². The fourth-order valence-electron chi connectivity index (χ4n) is 2.71. The van der Waals surface area contributed by atoms with Crippen LogP contribution < -0.4 is 19.6 Å². The summed E-state index contributed by atoms with van der Waals surface area (Å²) in [5.74, 6) is 1.07. The zero-order valence-corrected chi connectivity index (χ0v) is 17.6. The number of hydrazone groups is 1. The minimum atomic E-state index is -0.406. The van der Waals surface area contributed by atoms with Crippen LogP contribution in [0, 0.1) is 0 Å². The molecule has 1 amide bonds. The van der Waals surface area contributed by atoms with Crippen LogP contribution in [0.15, 0.2) is 53.8 Å². The summed E-state index contributed by atoms with van der Waals surface area (Å²) in [6.07, 6.45) is 3.09. The van der Waals surface area contributed by atoms with E-state index in [-0.39, 0.29) is 12.7 Å². The van der Waals surface area contributed by atoms with Crippen molar-refractivity contribution in [1.29, 1.82) is 0 Å².